The van der Waals surface area contributed by atoms with Crippen molar-refractivity contribution in [3.63, 3.8) is 0 Å². The van der Waals surface area contributed by atoms with Crippen molar-refractivity contribution in [1.82, 2.24) is 4.98 Å². The summed E-state index contributed by atoms with van der Waals surface area (Å²) in [5.41, 5.74) is 2.71. The van der Waals surface area contributed by atoms with Crippen LogP contribution in [0.4, 0.5) is 5.13 Å². The van der Waals surface area contributed by atoms with E-state index in [-0.39, 0.29) is 11.3 Å². The average Bonchev–Trinajstić information content (AvgIpc) is 3.48. The molecule has 6 rings (SSSR count). The van der Waals surface area contributed by atoms with Gasteiger partial charge in [-0.25, -0.2) is 4.98 Å². The van der Waals surface area contributed by atoms with Crippen LogP contribution in [0.25, 0.3) is 16.0 Å². The number of aryl methyl sites for hydroxylation is 1. The molecule has 0 spiro atoms. The fourth-order valence-electron chi connectivity index (χ4n) is 4.72. The summed E-state index contributed by atoms with van der Waals surface area (Å²) < 4.78 is 17.8. The van der Waals surface area contributed by atoms with Crippen LogP contribution in [-0.4, -0.2) is 41.6 Å². The number of amides is 1. The predicted octanol–water partition coefficient (Wildman–Crippen LogP) is 5.57. The molecule has 2 aliphatic heterocycles. The van der Waals surface area contributed by atoms with Gasteiger partial charge in [-0.15, -0.1) is 0 Å². The third kappa shape index (κ3) is 4.40. The molecule has 1 aromatic heterocycles. The Morgan fingerprint density at radius 3 is 2.64 bits per heavy atom. The second-order valence-electron chi connectivity index (χ2n) is 9.16. The molecule has 3 heterocycles. The molecule has 1 N–H and O–H groups in total. The average molecular weight is 541 g/mol. The molecule has 0 aliphatic carbocycles. The summed E-state index contributed by atoms with van der Waals surface area (Å²) >= 11 is 1.32. The van der Waals surface area contributed by atoms with Gasteiger partial charge in [0.1, 0.15) is 31.3 Å². The summed E-state index contributed by atoms with van der Waals surface area (Å²) in [5.74, 6) is -0.243. The monoisotopic (exact) mass is 540 g/mol. The third-order valence-electron chi connectivity index (χ3n) is 6.56. The van der Waals surface area contributed by atoms with Crippen molar-refractivity contribution < 1.29 is 28.9 Å². The molecule has 0 bridgehead atoms. The van der Waals surface area contributed by atoms with E-state index < -0.39 is 17.7 Å². The van der Waals surface area contributed by atoms with Gasteiger partial charge in [-0.05, 0) is 60.5 Å². The van der Waals surface area contributed by atoms with E-state index in [0.29, 0.717) is 53.3 Å². The number of hydrogen-bond donors (Lipinski definition) is 1. The zero-order chi connectivity index (χ0) is 27.1. The number of anilines is 1. The number of thiazole rings is 1. The second-order valence-corrected chi connectivity index (χ2v) is 10.2. The lowest BCUT2D eigenvalue weighted by Gasteiger charge is -2.23. The number of hydrogen-bond acceptors (Lipinski definition) is 8. The van der Waals surface area contributed by atoms with Gasteiger partial charge in [0, 0.05) is 5.56 Å². The highest BCUT2D eigenvalue weighted by atomic mass is 32.1. The number of aliphatic hydroxyl groups excluding tert-OH is 1. The Morgan fingerprint density at radius 1 is 1.10 bits per heavy atom. The number of carbonyl (C=O) groups is 2. The number of aliphatic hydroxyl groups is 1. The van der Waals surface area contributed by atoms with Gasteiger partial charge >= 0.3 is 5.91 Å². The number of fused-ring (bicyclic) bond motifs is 2. The van der Waals surface area contributed by atoms with Gasteiger partial charge in [0.25, 0.3) is 5.78 Å². The molecule has 1 unspecified atom stereocenters. The minimum Gasteiger partial charge on any atom is -0.507 e. The Balaban J connectivity index is 1.50. The maximum Gasteiger partial charge on any atom is 0.301 e. The molecule has 0 saturated carbocycles. The number of carbonyl (C=O) groups excluding carboxylic acids is 2. The molecule has 0 radical (unpaired) electrons. The van der Waals surface area contributed by atoms with Crippen molar-refractivity contribution >= 4 is 44.1 Å². The maximum absolute atomic E-state index is 13.5. The van der Waals surface area contributed by atoms with Crippen LogP contribution in [0.1, 0.15) is 22.7 Å². The van der Waals surface area contributed by atoms with E-state index in [2.05, 4.69) is 11.6 Å². The Hall–Kier alpha value is -4.63. The van der Waals surface area contributed by atoms with E-state index in [0.717, 1.165) is 15.8 Å². The quantitative estimate of drug-likeness (QED) is 0.148. The first-order valence-corrected chi connectivity index (χ1v) is 13.2. The first-order valence-electron chi connectivity index (χ1n) is 12.4. The third-order valence-corrected chi connectivity index (χ3v) is 7.58. The number of nitrogens with zero attached hydrogens (tertiary/aromatic N) is 2. The smallest absolute Gasteiger partial charge is 0.301 e. The Labute approximate surface area is 228 Å². The lowest BCUT2D eigenvalue weighted by atomic mass is 9.95. The lowest BCUT2D eigenvalue weighted by molar-refractivity contribution is -0.132. The zero-order valence-electron chi connectivity index (χ0n) is 21.0. The summed E-state index contributed by atoms with van der Waals surface area (Å²) in [6.07, 6.45) is 1.64. The largest absolute Gasteiger partial charge is 0.507 e. The van der Waals surface area contributed by atoms with Crippen molar-refractivity contribution in [3.05, 3.63) is 95.6 Å². The molecule has 3 aromatic carbocycles. The Bertz CT molecular complexity index is 1660. The van der Waals surface area contributed by atoms with E-state index in [4.69, 9.17) is 14.2 Å². The van der Waals surface area contributed by atoms with Crippen LogP contribution in [0.2, 0.25) is 0 Å². The van der Waals surface area contributed by atoms with Crippen molar-refractivity contribution in [3.8, 4) is 17.2 Å². The zero-order valence-corrected chi connectivity index (χ0v) is 21.9. The Kier molecular flexibility index (Phi) is 6.28. The number of Topliss-reactive ketones (excluding diaryl/α,β-unsaturated/α-hetero) is 1. The van der Waals surface area contributed by atoms with Gasteiger partial charge in [-0.2, -0.15) is 0 Å². The summed E-state index contributed by atoms with van der Waals surface area (Å²) in [7, 11) is 0. The van der Waals surface area contributed by atoms with Crippen LogP contribution in [0.5, 0.6) is 17.2 Å². The van der Waals surface area contributed by atoms with Crippen LogP contribution in [0.3, 0.4) is 0 Å². The molecule has 2 aliphatic rings. The van der Waals surface area contributed by atoms with Crippen LogP contribution in [0, 0.1) is 6.92 Å². The second kappa shape index (κ2) is 9.92. The van der Waals surface area contributed by atoms with Crippen LogP contribution in [0.15, 0.2) is 78.9 Å². The van der Waals surface area contributed by atoms with E-state index >= 15 is 0 Å². The standard InChI is InChI=1S/C30H24N2O6S/c1-3-12-36-20-8-5-18(6-9-20)26-25(27(33)19-7-11-22-23(16-19)38-14-13-37-22)28(34)29(35)32(26)30-31-21-10-4-17(2)15-24(21)39-30/h3-11,15-16,26,33H,1,12-14H2,2H3. The first-order chi connectivity index (χ1) is 18.9. The molecular weight excluding hydrogens is 516 g/mol. The van der Waals surface area contributed by atoms with Crippen molar-refractivity contribution in [2.45, 2.75) is 13.0 Å². The molecular formula is C30H24N2O6S. The highest BCUT2D eigenvalue weighted by Crippen LogP contribution is 2.45. The maximum atomic E-state index is 13.5. The van der Waals surface area contributed by atoms with E-state index in [9.17, 15) is 14.7 Å². The highest BCUT2D eigenvalue weighted by molar-refractivity contribution is 7.22. The number of rotatable bonds is 6. The van der Waals surface area contributed by atoms with Crippen molar-refractivity contribution in [2.75, 3.05) is 24.7 Å². The van der Waals surface area contributed by atoms with Crippen LogP contribution < -0.4 is 19.1 Å². The molecule has 1 saturated heterocycles. The van der Waals surface area contributed by atoms with Crippen LogP contribution in [-0.2, 0) is 9.59 Å². The van der Waals surface area contributed by atoms with E-state index in [1.165, 1.54) is 16.2 Å². The van der Waals surface area contributed by atoms with Crippen molar-refractivity contribution in [1.29, 1.82) is 0 Å². The normalized spacial score (nSPS) is 18.0. The summed E-state index contributed by atoms with van der Waals surface area (Å²) in [5, 5.41) is 11.9. The number of aromatic nitrogens is 1. The van der Waals surface area contributed by atoms with Gasteiger partial charge in [0.2, 0.25) is 0 Å². The first kappa shape index (κ1) is 24.7. The molecule has 1 amide bonds. The summed E-state index contributed by atoms with van der Waals surface area (Å²) in [6, 6.07) is 16.9. The van der Waals surface area contributed by atoms with Gasteiger partial charge in [-0.1, -0.05) is 42.2 Å². The number of ketones is 1. The topological polar surface area (TPSA) is 98.2 Å². The SMILES string of the molecule is C=CCOc1ccc(C2C(=C(O)c3ccc4c(c3)OCCO4)C(=O)C(=O)N2c2nc3ccc(C)cc3s2)cc1. The molecule has 196 valence electrons. The predicted molar refractivity (Wildman–Crippen MR) is 149 cm³/mol. The van der Waals surface area contributed by atoms with E-state index in [1.807, 2.05) is 25.1 Å². The van der Waals surface area contributed by atoms with E-state index in [1.54, 1.807) is 48.5 Å². The highest BCUT2D eigenvalue weighted by Gasteiger charge is 2.48. The molecule has 8 nitrogen and oxygen atoms in total. The Morgan fingerprint density at radius 2 is 1.87 bits per heavy atom. The molecule has 39 heavy (non-hydrogen) atoms. The molecule has 4 aromatic rings. The summed E-state index contributed by atoms with van der Waals surface area (Å²) in [4.78, 5) is 33.1. The molecule has 1 fully saturated rings. The van der Waals surface area contributed by atoms with Gasteiger partial charge < -0.3 is 19.3 Å². The summed E-state index contributed by atoms with van der Waals surface area (Å²) in [6.45, 7) is 6.78. The molecule has 9 heteroatoms. The van der Waals surface area contributed by atoms with Gasteiger partial charge in [0.05, 0.1) is 21.8 Å². The minimum atomic E-state index is -0.909. The fourth-order valence-corrected chi connectivity index (χ4v) is 5.81. The fraction of sp³-hybridized carbons (Fsp3) is 0.167. The lowest BCUT2D eigenvalue weighted by Crippen LogP contribution is -2.29. The number of ether oxygens (including phenoxy) is 3. The van der Waals surface area contributed by atoms with Crippen LogP contribution >= 0.6 is 11.3 Å². The number of benzene rings is 3. The van der Waals surface area contributed by atoms with Gasteiger partial charge in [0.15, 0.2) is 16.6 Å². The molecule has 1 atom stereocenters. The van der Waals surface area contributed by atoms with Gasteiger partial charge in [-0.3, -0.25) is 14.5 Å². The van der Waals surface area contributed by atoms with Crippen molar-refractivity contribution in [2.24, 2.45) is 0 Å². The minimum absolute atomic E-state index is 0.0353.